The van der Waals surface area contributed by atoms with Crippen LogP contribution in [0.15, 0.2) is 18.2 Å². The first-order valence-electron chi connectivity index (χ1n) is 10.7. The van der Waals surface area contributed by atoms with Crippen molar-refractivity contribution in [2.24, 2.45) is 7.05 Å². The highest BCUT2D eigenvalue weighted by atomic mass is 35.5. The van der Waals surface area contributed by atoms with Crippen molar-refractivity contribution in [2.45, 2.75) is 91.7 Å². The number of ether oxygens (including phenoxy) is 1. The van der Waals surface area contributed by atoms with Gasteiger partial charge in [0.1, 0.15) is 0 Å². The minimum atomic E-state index is 0. The summed E-state index contributed by atoms with van der Waals surface area (Å²) in [6.07, 6.45) is 13.7. The fourth-order valence-electron chi connectivity index (χ4n) is 3.67. The first-order chi connectivity index (χ1) is 12.6. The lowest BCUT2D eigenvalue weighted by Crippen LogP contribution is -3.00. The molecule has 1 aromatic carbocycles. The van der Waals surface area contributed by atoms with Gasteiger partial charge in [0.15, 0.2) is 17.8 Å². The summed E-state index contributed by atoms with van der Waals surface area (Å²) in [4.78, 5) is 0. The molecule has 0 aliphatic carbocycles. The van der Waals surface area contributed by atoms with E-state index in [0.29, 0.717) is 6.73 Å². The van der Waals surface area contributed by atoms with E-state index in [-0.39, 0.29) is 12.4 Å². The van der Waals surface area contributed by atoms with E-state index in [1.165, 1.54) is 86.6 Å². The molecule has 154 valence electrons. The number of aryl methyl sites for hydroxylation is 2. The average molecular weight is 395 g/mol. The smallest absolute Gasteiger partial charge is 0.255 e. The van der Waals surface area contributed by atoms with Gasteiger partial charge in [-0.1, -0.05) is 70.8 Å². The predicted molar refractivity (Wildman–Crippen MR) is 110 cm³/mol. The SMILES string of the molecule is CCCCCCCCCCCCOCn1c(C)[n+](C)c2ccc(C)cc21.[Cl-]. The summed E-state index contributed by atoms with van der Waals surface area (Å²) in [6, 6.07) is 6.64. The second-order valence-corrected chi connectivity index (χ2v) is 7.75. The van der Waals surface area contributed by atoms with Crippen molar-refractivity contribution in [1.29, 1.82) is 0 Å². The second-order valence-electron chi connectivity index (χ2n) is 7.75. The first kappa shape index (κ1) is 24.0. The number of fused-ring (bicyclic) bond motifs is 1. The molecule has 1 aromatic heterocycles. The van der Waals surface area contributed by atoms with Crippen molar-refractivity contribution in [3.8, 4) is 0 Å². The second kappa shape index (κ2) is 13.2. The van der Waals surface area contributed by atoms with Crippen LogP contribution in [0.4, 0.5) is 0 Å². The van der Waals surface area contributed by atoms with Crippen LogP contribution in [0.5, 0.6) is 0 Å². The van der Waals surface area contributed by atoms with Gasteiger partial charge < -0.3 is 17.1 Å². The molecule has 0 aliphatic rings. The number of unbranched alkanes of at least 4 members (excludes halogenated alkanes) is 9. The molecule has 0 saturated carbocycles. The van der Waals surface area contributed by atoms with Gasteiger partial charge in [-0.25, -0.2) is 9.13 Å². The Hall–Kier alpha value is -1.06. The largest absolute Gasteiger partial charge is 1.00 e. The van der Waals surface area contributed by atoms with Crippen LogP contribution in [0, 0.1) is 13.8 Å². The number of hydrogen-bond acceptors (Lipinski definition) is 1. The number of hydrogen-bond donors (Lipinski definition) is 0. The molecule has 27 heavy (non-hydrogen) atoms. The molecular weight excluding hydrogens is 356 g/mol. The predicted octanol–water partition coefficient (Wildman–Crippen LogP) is 2.98. The maximum Gasteiger partial charge on any atom is 0.255 e. The average Bonchev–Trinajstić information content (AvgIpc) is 2.86. The minimum Gasteiger partial charge on any atom is -1.00 e. The van der Waals surface area contributed by atoms with Gasteiger partial charge in [0.25, 0.3) is 5.82 Å². The molecule has 0 unspecified atom stereocenters. The summed E-state index contributed by atoms with van der Waals surface area (Å²) in [6.45, 7) is 8.12. The number of aromatic nitrogens is 2. The highest BCUT2D eigenvalue weighted by Crippen LogP contribution is 2.16. The molecule has 0 spiro atoms. The Kier molecular flexibility index (Phi) is 11.7. The zero-order valence-corrected chi connectivity index (χ0v) is 18.7. The Morgan fingerprint density at radius 3 is 2.11 bits per heavy atom. The van der Waals surface area contributed by atoms with Gasteiger partial charge in [-0.3, -0.25) is 0 Å². The molecular formula is C23H39ClN2O. The molecule has 0 amide bonds. The van der Waals surface area contributed by atoms with Crippen LogP contribution in [-0.2, 0) is 18.5 Å². The number of benzene rings is 1. The Morgan fingerprint density at radius 2 is 1.48 bits per heavy atom. The molecule has 0 radical (unpaired) electrons. The Bertz CT molecular complexity index is 666. The van der Waals surface area contributed by atoms with E-state index in [1.54, 1.807) is 0 Å². The van der Waals surface area contributed by atoms with Crippen molar-refractivity contribution < 1.29 is 21.7 Å². The topological polar surface area (TPSA) is 18.0 Å². The molecule has 4 heteroatoms. The molecule has 0 saturated heterocycles. The zero-order chi connectivity index (χ0) is 18.8. The lowest BCUT2D eigenvalue weighted by Gasteiger charge is -2.04. The van der Waals surface area contributed by atoms with E-state index >= 15 is 0 Å². The maximum atomic E-state index is 5.98. The summed E-state index contributed by atoms with van der Waals surface area (Å²) in [5.41, 5.74) is 3.84. The van der Waals surface area contributed by atoms with Crippen LogP contribution in [0.25, 0.3) is 11.0 Å². The van der Waals surface area contributed by atoms with Gasteiger partial charge in [-0.2, -0.15) is 0 Å². The van der Waals surface area contributed by atoms with Crippen LogP contribution in [0.1, 0.15) is 82.5 Å². The minimum absolute atomic E-state index is 0. The highest BCUT2D eigenvalue weighted by Gasteiger charge is 2.18. The third-order valence-corrected chi connectivity index (χ3v) is 5.52. The number of nitrogens with zero attached hydrogens (tertiary/aromatic N) is 2. The van der Waals surface area contributed by atoms with Crippen LogP contribution >= 0.6 is 0 Å². The third-order valence-electron chi connectivity index (χ3n) is 5.52. The maximum absolute atomic E-state index is 5.98. The lowest BCUT2D eigenvalue weighted by molar-refractivity contribution is -0.652. The summed E-state index contributed by atoms with van der Waals surface area (Å²) in [7, 11) is 2.13. The van der Waals surface area contributed by atoms with Gasteiger partial charge in [-0.15, -0.1) is 0 Å². The van der Waals surface area contributed by atoms with E-state index in [1.807, 2.05) is 0 Å². The lowest BCUT2D eigenvalue weighted by atomic mass is 10.1. The fraction of sp³-hybridized carbons (Fsp3) is 0.696. The molecule has 2 rings (SSSR count). The molecule has 0 bridgehead atoms. The van der Waals surface area contributed by atoms with Crippen molar-refractivity contribution in [3.63, 3.8) is 0 Å². The molecule has 0 aliphatic heterocycles. The van der Waals surface area contributed by atoms with E-state index in [4.69, 9.17) is 4.74 Å². The van der Waals surface area contributed by atoms with Crippen LogP contribution < -0.4 is 17.0 Å². The molecule has 2 aromatic rings. The highest BCUT2D eigenvalue weighted by molar-refractivity contribution is 5.73. The summed E-state index contributed by atoms with van der Waals surface area (Å²) in [5, 5.41) is 0. The normalized spacial score (nSPS) is 11.1. The Labute approximate surface area is 172 Å². The van der Waals surface area contributed by atoms with Crippen molar-refractivity contribution in [2.75, 3.05) is 6.61 Å². The zero-order valence-electron chi connectivity index (χ0n) is 17.9. The van der Waals surface area contributed by atoms with Gasteiger partial charge in [0.2, 0.25) is 0 Å². The van der Waals surface area contributed by atoms with Crippen LogP contribution in [-0.4, -0.2) is 11.2 Å². The molecule has 0 atom stereocenters. The van der Waals surface area contributed by atoms with Gasteiger partial charge in [0.05, 0.1) is 13.7 Å². The number of rotatable bonds is 13. The monoisotopic (exact) mass is 394 g/mol. The summed E-state index contributed by atoms with van der Waals surface area (Å²) >= 11 is 0. The van der Waals surface area contributed by atoms with E-state index in [0.717, 1.165) is 6.61 Å². The van der Waals surface area contributed by atoms with Crippen molar-refractivity contribution >= 4 is 11.0 Å². The summed E-state index contributed by atoms with van der Waals surface area (Å²) in [5.74, 6) is 1.24. The number of imidazole rings is 1. The van der Waals surface area contributed by atoms with E-state index in [2.05, 4.69) is 55.2 Å². The van der Waals surface area contributed by atoms with Gasteiger partial charge >= 0.3 is 0 Å². The Balaban J connectivity index is 0.00000364. The van der Waals surface area contributed by atoms with Gasteiger partial charge in [0, 0.05) is 6.92 Å². The van der Waals surface area contributed by atoms with Crippen LogP contribution in [0.3, 0.4) is 0 Å². The molecule has 0 fully saturated rings. The van der Waals surface area contributed by atoms with E-state index < -0.39 is 0 Å². The standard InChI is InChI=1S/C23H39N2O.ClH/c1-5-6-7-8-9-10-11-12-13-14-17-26-19-25-21(3)24(4)22-16-15-20(2)18-23(22)25;/h15-16,18H,5-14,17,19H2,1-4H3;1H/q+1;/p-1. The molecule has 0 N–H and O–H groups in total. The first-order valence-corrected chi connectivity index (χ1v) is 10.7. The quantitative estimate of drug-likeness (QED) is 0.377. The molecule has 1 heterocycles. The molecule has 3 nitrogen and oxygen atoms in total. The summed E-state index contributed by atoms with van der Waals surface area (Å²) < 4.78 is 10.5. The van der Waals surface area contributed by atoms with Crippen molar-refractivity contribution in [3.05, 3.63) is 29.6 Å². The van der Waals surface area contributed by atoms with Crippen molar-refractivity contribution in [1.82, 2.24) is 4.57 Å². The third kappa shape index (κ3) is 7.46. The van der Waals surface area contributed by atoms with Crippen LogP contribution in [0.2, 0.25) is 0 Å². The Morgan fingerprint density at radius 1 is 0.889 bits per heavy atom. The van der Waals surface area contributed by atoms with Gasteiger partial charge in [-0.05, 0) is 31.0 Å². The fourth-order valence-corrected chi connectivity index (χ4v) is 3.67. The van der Waals surface area contributed by atoms with E-state index in [9.17, 15) is 0 Å². The number of halogens is 1.